The molecule has 3 aromatic rings. The van der Waals surface area contributed by atoms with E-state index in [1.54, 1.807) is 6.92 Å². The molecule has 0 spiro atoms. The number of hydrogen-bond acceptors (Lipinski definition) is 5. The maximum Gasteiger partial charge on any atom is 0.408 e. The second-order valence-corrected chi connectivity index (χ2v) is 11.9. The van der Waals surface area contributed by atoms with Crippen LogP contribution in [0.4, 0.5) is 4.79 Å². The molecule has 3 aliphatic rings. The number of nitrogens with one attached hydrogen (secondary N) is 1. The van der Waals surface area contributed by atoms with E-state index in [0.717, 1.165) is 28.8 Å². The van der Waals surface area contributed by atoms with Gasteiger partial charge in [-0.1, -0.05) is 78.9 Å². The van der Waals surface area contributed by atoms with Crippen LogP contribution in [0.3, 0.4) is 0 Å². The van der Waals surface area contributed by atoms with Gasteiger partial charge in [0.2, 0.25) is 5.91 Å². The van der Waals surface area contributed by atoms with Crippen LogP contribution in [0.2, 0.25) is 0 Å². The van der Waals surface area contributed by atoms with Gasteiger partial charge < -0.3 is 20.1 Å². The number of hydrogen-bond donors (Lipinski definition) is 2. The zero-order valence-electron chi connectivity index (χ0n) is 23.9. The van der Waals surface area contributed by atoms with Gasteiger partial charge in [0.1, 0.15) is 17.7 Å². The molecular formula is C34H37N3O5. The Morgan fingerprint density at radius 2 is 1.45 bits per heavy atom. The highest BCUT2D eigenvalue weighted by Gasteiger charge is 2.53. The van der Waals surface area contributed by atoms with Gasteiger partial charge in [0.25, 0.3) is 0 Å². The van der Waals surface area contributed by atoms with Crippen LogP contribution in [0.5, 0.6) is 0 Å². The lowest BCUT2D eigenvalue weighted by Gasteiger charge is -2.45. The molecule has 218 valence electrons. The van der Waals surface area contributed by atoms with Crippen molar-refractivity contribution < 1.29 is 24.2 Å². The van der Waals surface area contributed by atoms with Gasteiger partial charge >= 0.3 is 12.1 Å². The fraction of sp³-hybridized carbons (Fsp3) is 0.382. The molecule has 1 atom stereocenters. The molecule has 8 nitrogen and oxygen atoms in total. The lowest BCUT2D eigenvalue weighted by Crippen LogP contribution is -2.66. The number of carboxylic acids is 1. The number of likely N-dealkylation sites (tertiary alicyclic amines) is 2. The first kappa shape index (κ1) is 28.0. The maximum absolute atomic E-state index is 14.2. The maximum atomic E-state index is 14.2. The van der Waals surface area contributed by atoms with E-state index in [2.05, 4.69) is 46.6 Å². The van der Waals surface area contributed by atoms with Crippen molar-refractivity contribution >= 4 is 18.0 Å². The minimum absolute atomic E-state index is 0.101. The van der Waals surface area contributed by atoms with Crippen LogP contribution in [0.1, 0.15) is 55.2 Å². The highest BCUT2D eigenvalue weighted by atomic mass is 16.5. The molecule has 2 fully saturated rings. The number of aliphatic carboxylic acids is 1. The highest BCUT2D eigenvalue weighted by molar-refractivity contribution is 5.95. The molecule has 0 radical (unpaired) electrons. The van der Waals surface area contributed by atoms with E-state index >= 15 is 0 Å². The summed E-state index contributed by atoms with van der Waals surface area (Å²) in [5.41, 5.74) is 3.15. The van der Waals surface area contributed by atoms with Crippen molar-refractivity contribution in [2.45, 2.75) is 56.1 Å². The van der Waals surface area contributed by atoms with Gasteiger partial charge in [0, 0.05) is 32.1 Å². The quantitative estimate of drug-likeness (QED) is 0.416. The van der Waals surface area contributed by atoms with Gasteiger partial charge in [0.15, 0.2) is 0 Å². The number of alkyl carbamates (subject to hydrolysis) is 1. The molecule has 3 aromatic carbocycles. The highest BCUT2D eigenvalue weighted by Crippen LogP contribution is 2.44. The van der Waals surface area contributed by atoms with Crippen molar-refractivity contribution in [1.82, 2.24) is 15.1 Å². The first-order valence-corrected chi connectivity index (χ1v) is 14.8. The SMILES string of the molecule is C[C@@]1(C(=O)O)CCCN1C(=O)C1(NC(=O)OCC2c3ccccc3-c3ccccc32)CCN(Cc2ccccc2)CC1. The predicted octanol–water partition coefficient (Wildman–Crippen LogP) is 5.03. The van der Waals surface area contributed by atoms with Gasteiger partial charge in [-0.15, -0.1) is 0 Å². The number of piperidine rings is 1. The zero-order valence-corrected chi connectivity index (χ0v) is 23.9. The van der Waals surface area contributed by atoms with Crippen molar-refractivity contribution in [1.29, 1.82) is 0 Å². The number of carbonyl (C=O) groups is 3. The first-order chi connectivity index (χ1) is 20.3. The van der Waals surface area contributed by atoms with Crippen LogP contribution in [-0.4, -0.2) is 70.2 Å². The lowest BCUT2D eigenvalue weighted by atomic mass is 9.84. The Labute approximate surface area is 246 Å². The second kappa shape index (κ2) is 11.2. The van der Waals surface area contributed by atoms with Crippen LogP contribution < -0.4 is 5.32 Å². The smallest absolute Gasteiger partial charge is 0.408 e. The van der Waals surface area contributed by atoms with Crippen molar-refractivity contribution in [3.05, 3.63) is 95.6 Å². The molecule has 6 rings (SSSR count). The van der Waals surface area contributed by atoms with Gasteiger partial charge in [-0.25, -0.2) is 9.59 Å². The van der Waals surface area contributed by atoms with Crippen molar-refractivity contribution in [2.24, 2.45) is 0 Å². The molecule has 2 saturated heterocycles. The Hall–Kier alpha value is -4.17. The van der Waals surface area contributed by atoms with Gasteiger partial charge in [-0.2, -0.15) is 0 Å². The number of benzene rings is 3. The summed E-state index contributed by atoms with van der Waals surface area (Å²) in [5, 5.41) is 13.0. The topological polar surface area (TPSA) is 99.2 Å². The third-order valence-electron chi connectivity index (χ3n) is 9.40. The normalized spacial score (nSPS) is 21.4. The summed E-state index contributed by atoms with van der Waals surface area (Å²) >= 11 is 0. The molecule has 0 saturated carbocycles. The monoisotopic (exact) mass is 567 g/mol. The third-order valence-corrected chi connectivity index (χ3v) is 9.40. The molecule has 0 unspecified atom stereocenters. The number of carbonyl (C=O) groups excluding carboxylic acids is 2. The van der Waals surface area contributed by atoms with E-state index < -0.39 is 23.1 Å². The lowest BCUT2D eigenvalue weighted by molar-refractivity contribution is -0.159. The second-order valence-electron chi connectivity index (χ2n) is 11.9. The predicted molar refractivity (Wildman–Crippen MR) is 159 cm³/mol. The molecular weight excluding hydrogens is 530 g/mol. The number of rotatable bonds is 7. The molecule has 42 heavy (non-hydrogen) atoms. The molecule has 1 aliphatic carbocycles. The van der Waals surface area contributed by atoms with E-state index in [1.807, 2.05) is 42.5 Å². The molecule has 8 heteroatoms. The summed E-state index contributed by atoms with van der Waals surface area (Å²) in [7, 11) is 0. The van der Waals surface area contributed by atoms with Crippen LogP contribution >= 0.6 is 0 Å². The van der Waals surface area contributed by atoms with Crippen LogP contribution in [-0.2, 0) is 20.9 Å². The van der Waals surface area contributed by atoms with E-state index in [4.69, 9.17) is 4.74 Å². The Bertz CT molecular complexity index is 1440. The fourth-order valence-corrected chi connectivity index (χ4v) is 6.93. The fourth-order valence-electron chi connectivity index (χ4n) is 6.93. The van der Waals surface area contributed by atoms with Gasteiger partial charge in [-0.3, -0.25) is 9.69 Å². The molecule has 2 aliphatic heterocycles. The molecule has 2 N–H and O–H groups in total. The van der Waals surface area contributed by atoms with Crippen LogP contribution in [0.15, 0.2) is 78.9 Å². The van der Waals surface area contributed by atoms with Crippen molar-refractivity contribution in [3.8, 4) is 11.1 Å². The molecule has 2 heterocycles. The molecule has 0 bridgehead atoms. The summed E-state index contributed by atoms with van der Waals surface area (Å²) in [4.78, 5) is 43.6. The summed E-state index contributed by atoms with van der Waals surface area (Å²) in [6.07, 6.45) is 1.08. The minimum Gasteiger partial charge on any atom is -0.480 e. The Kier molecular flexibility index (Phi) is 7.49. The van der Waals surface area contributed by atoms with Crippen LogP contribution in [0, 0.1) is 0 Å². The summed E-state index contributed by atoms with van der Waals surface area (Å²) in [5.74, 6) is -1.46. The standard InChI is InChI=1S/C34H37N3O5/c1-33(31(39)40)16-9-19-37(33)30(38)34(17-20-36(21-18-34)22-24-10-3-2-4-11-24)35-32(41)42-23-29-27-14-7-5-12-25(27)26-13-6-8-15-28(26)29/h2-8,10-15,29H,9,16-23H2,1H3,(H,35,41)(H,39,40)/t33-/m0/s1. The summed E-state index contributed by atoms with van der Waals surface area (Å²) < 4.78 is 5.85. The van der Waals surface area contributed by atoms with Crippen molar-refractivity contribution in [3.63, 3.8) is 0 Å². The Morgan fingerprint density at radius 3 is 2.07 bits per heavy atom. The Balaban J connectivity index is 1.20. The van der Waals surface area contributed by atoms with Crippen LogP contribution in [0.25, 0.3) is 11.1 Å². The van der Waals surface area contributed by atoms with E-state index in [-0.39, 0.29) is 18.4 Å². The number of nitrogens with zero attached hydrogens (tertiary/aromatic N) is 2. The molecule has 2 amide bonds. The zero-order chi connectivity index (χ0) is 29.3. The number of amides is 2. The summed E-state index contributed by atoms with van der Waals surface area (Å²) in [6, 6.07) is 26.4. The third kappa shape index (κ3) is 5.04. The number of fused-ring (bicyclic) bond motifs is 3. The van der Waals surface area contributed by atoms with E-state index in [0.29, 0.717) is 45.3 Å². The Morgan fingerprint density at radius 1 is 0.857 bits per heavy atom. The van der Waals surface area contributed by atoms with E-state index in [1.165, 1.54) is 10.5 Å². The summed E-state index contributed by atoms with van der Waals surface area (Å²) in [6.45, 7) is 4.01. The average Bonchev–Trinajstić information content (AvgIpc) is 3.56. The van der Waals surface area contributed by atoms with E-state index in [9.17, 15) is 19.5 Å². The first-order valence-electron chi connectivity index (χ1n) is 14.8. The van der Waals surface area contributed by atoms with Gasteiger partial charge in [-0.05, 0) is 60.4 Å². The van der Waals surface area contributed by atoms with Gasteiger partial charge in [0.05, 0.1) is 0 Å². The minimum atomic E-state index is -1.30. The molecule has 0 aromatic heterocycles. The number of ether oxygens (including phenoxy) is 1. The largest absolute Gasteiger partial charge is 0.480 e. The van der Waals surface area contributed by atoms with Crippen molar-refractivity contribution in [2.75, 3.05) is 26.2 Å². The number of carboxylic acid groups (broad SMARTS) is 1. The average molecular weight is 568 g/mol.